The number of nitrogens with zero attached hydrogens (tertiary/aromatic N) is 1. The zero-order chi connectivity index (χ0) is 9.84. The zero-order valence-electron chi connectivity index (χ0n) is 8.42. The third-order valence-electron chi connectivity index (χ3n) is 2.58. The van der Waals surface area contributed by atoms with Gasteiger partial charge in [-0.3, -0.25) is 4.79 Å². The van der Waals surface area contributed by atoms with Crippen molar-refractivity contribution >= 4 is 21.8 Å². The first-order chi connectivity index (χ1) is 6.16. The third kappa shape index (κ3) is 2.70. The van der Waals surface area contributed by atoms with Crippen LogP contribution in [-0.2, 0) is 4.79 Å². The van der Waals surface area contributed by atoms with Gasteiger partial charge in [0.05, 0.1) is 0 Å². The molecule has 0 saturated carbocycles. The summed E-state index contributed by atoms with van der Waals surface area (Å²) in [5.41, 5.74) is 0. The molecule has 0 aromatic carbocycles. The Balaban J connectivity index is 2.58. The fourth-order valence-electron chi connectivity index (χ4n) is 1.78. The van der Waals surface area contributed by atoms with Gasteiger partial charge in [0.1, 0.15) is 0 Å². The molecule has 0 aromatic heterocycles. The van der Waals surface area contributed by atoms with Gasteiger partial charge in [0.25, 0.3) is 0 Å². The van der Waals surface area contributed by atoms with Crippen LogP contribution in [0.15, 0.2) is 0 Å². The van der Waals surface area contributed by atoms with Gasteiger partial charge in [-0.15, -0.1) is 0 Å². The van der Waals surface area contributed by atoms with Gasteiger partial charge in [0.2, 0.25) is 5.91 Å². The Bertz CT molecular complexity index is 182. The minimum absolute atomic E-state index is 0.139. The van der Waals surface area contributed by atoms with E-state index in [1.165, 1.54) is 12.8 Å². The number of carbonyl (C=O) groups is 1. The normalized spacial score (nSPS) is 23.7. The lowest BCUT2D eigenvalue weighted by atomic mass is 10.0. The van der Waals surface area contributed by atoms with Crippen molar-refractivity contribution in [1.29, 1.82) is 0 Å². The number of piperidine rings is 1. The molecule has 1 saturated heterocycles. The molecule has 0 spiro atoms. The highest BCUT2D eigenvalue weighted by Gasteiger charge is 2.26. The summed E-state index contributed by atoms with van der Waals surface area (Å²) < 4.78 is 0. The van der Waals surface area contributed by atoms with E-state index in [9.17, 15) is 4.79 Å². The van der Waals surface area contributed by atoms with E-state index in [4.69, 9.17) is 0 Å². The Kier molecular flexibility index (Phi) is 4.23. The first-order valence-corrected chi connectivity index (χ1v) is 6.15. The minimum Gasteiger partial charge on any atom is -0.339 e. The minimum atomic E-state index is 0.139. The Morgan fingerprint density at radius 3 is 2.77 bits per heavy atom. The average molecular weight is 248 g/mol. The van der Waals surface area contributed by atoms with Crippen molar-refractivity contribution in [2.45, 2.75) is 39.2 Å². The molecule has 3 heteroatoms. The summed E-state index contributed by atoms with van der Waals surface area (Å²) in [4.78, 5) is 13.8. The summed E-state index contributed by atoms with van der Waals surface area (Å²) in [5, 5.41) is 0.922. The molecular weight excluding hydrogens is 230 g/mol. The van der Waals surface area contributed by atoms with Crippen molar-refractivity contribution in [3.05, 3.63) is 0 Å². The number of alkyl halides is 1. The molecule has 0 aliphatic carbocycles. The molecule has 1 amide bonds. The molecule has 1 fully saturated rings. The maximum absolute atomic E-state index is 11.8. The van der Waals surface area contributed by atoms with Crippen LogP contribution < -0.4 is 0 Å². The zero-order valence-corrected chi connectivity index (χ0v) is 10.0. The SMILES string of the molecule is CC(C)C(=O)N1CCCCC1CBr. The summed E-state index contributed by atoms with van der Waals surface area (Å²) >= 11 is 3.47. The lowest BCUT2D eigenvalue weighted by Crippen LogP contribution is -2.46. The van der Waals surface area contributed by atoms with Gasteiger partial charge in [-0.25, -0.2) is 0 Å². The molecule has 76 valence electrons. The van der Waals surface area contributed by atoms with Crippen molar-refractivity contribution in [3.8, 4) is 0 Å². The number of halogens is 1. The smallest absolute Gasteiger partial charge is 0.225 e. The highest BCUT2D eigenvalue weighted by molar-refractivity contribution is 9.09. The van der Waals surface area contributed by atoms with E-state index < -0.39 is 0 Å². The van der Waals surface area contributed by atoms with Crippen molar-refractivity contribution < 1.29 is 4.79 Å². The Morgan fingerprint density at radius 2 is 2.23 bits per heavy atom. The predicted molar refractivity (Wildman–Crippen MR) is 58.0 cm³/mol. The monoisotopic (exact) mass is 247 g/mol. The molecule has 2 nitrogen and oxygen atoms in total. The fourth-order valence-corrected chi connectivity index (χ4v) is 2.46. The Labute approximate surface area is 88.8 Å². The summed E-state index contributed by atoms with van der Waals surface area (Å²) in [5.74, 6) is 0.448. The van der Waals surface area contributed by atoms with Crippen LogP contribution in [0.2, 0.25) is 0 Å². The Hall–Kier alpha value is -0.0500. The lowest BCUT2D eigenvalue weighted by Gasteiger charge is -2.35. The van der Waals surface area contributed by atoms with E-state index in [-0.39, 0.29) is 5.92 Å². The molecule has 1 rings (SSSR count). The molecule has 0 N–H and O–H groups in total. The molecule has 1 unspecified atom stereocenters. The van der Waals surface area contributed by atoms with Gasteiger partial charge >= 0.3 is 0 Å². The third-order valence-corrected chi connectivity index (χ3v) is 3.33. The van der Waals surface area contributed by atoms with Crippen molar-refractivity contribution in [2.24, 2.45) is 5.92 Å². The first-order valence-electron chi connectivity index (χ1n) is 5.03. The number of rotatable bonds is 2. The highest BCUT2D eigenvalue weighted by atomic mass is 79.9. The van der Waals surface area contributed by atoms with E-state index >= 15 is 0 Å². The molecule has 1 aliphatic heterocycles. The molecule has 13 heavy (non-hydrogen) atoms. The molecule has 1 heterocycles. The molecule has 0 radical (unpaired) electrons. The van der Waals surface area contributed by atoms with Crippen LogP contribution in [0.4, 0.5) is 0 Å². The number of hydrogen-bond acceptors (Lipinski definition) is 1. The molecular formula is C10H18BrNO. The second kappa shape index (κ2) is 4.99. The van der Waals surface area contributed by atoms with Crippen molar-refractivity contribution in [1.82, 2.24) is 4.90 Å². The largest absolute Gasteiger partial charge is 0.339 e. The maximum Gasteiger partial charge on any atom is 0.225 e. The molecule has 0 aromatic rings. The van der Waals surface area contributed by atoms with E-state index in [0.717, 1.165) is 18.3 Å². The van der Waals surface area contributed by atoms with Crippen LogP contribution >= 0.6 is 15.9 Å². The lowest BCUT2D eigenvalue weighted by molar-refractivity contribution is -0.137. The predicted octanol–water partition coefficient (Wildman–Crippen LogP) is 2.42. The van der Waals surface area contributed by atoms with Crippen LogP contribution in [-0.4, -0.2) is 28.7 Å². The Morgan fingerprint density at radius 1 is 1.54 bits per heavy atom. The van der Waals surface area contributed by atoms with E-state index in [1.54, 1.807) is 0 Å². The van der Waals surface area contributed by atoms with Gasteiger partial charge in [-0.1, -0.05) is 29.8 Å². The number of hydrogen-bond donors (Lipinski definition) is 0. The van der Waals surface area contributed by atoms with Crippen LogP contribution in [0, 0.1) is 5.92 Å². The first kappa shape index (κ1) is 11.0. The fraction of sp³-hybridized carbons (Fsp3) is 0.900. The number of likely N-dealkylation sites (tertiary alicyclic amines) is 1. The summed E-state index contributed by atoms with van der Waals surface area (Å²) in [7, 11) is 0. The van der Waals surface area contributed by atoms with Gasteiger partial charge in [0.15, 0.2) is 0 Å². The van der Waals surface area contributed by atoms with E-state index in [2.05, 4.69) is 15.9 Å². The van der Waals surface area contributed by atoms with Crippen LogP contribution in [0.1, 0.15) is 33.1 Å². The summed E-state index contributed by atoms with van der Waals surface area (Å²) in [6.45, 7) is 4.90. The van der Waals surface area contributed by atoms with Crippen molar-refractivity contribution in [2.75, 3.05) is 11.9 Å². The van der Waals surface area contributed by atoms with Gasteiger partial charge in [-0.05, 0) is 19.3 Å². The topological polar surface area (TPSA) is 20.3 Å². The van der Waals surface area contributed by atoms with Crippen LogP contribution in [0.25, 0.3) is 0 Å². The van der Waals surface area contributed by atoms with E-state index in [0.29, 0.717) is 11.9 Å². The van der Waals surface area contributed by atoms with Crippen LogP contribution in [0.3, 0.4) is 0 Å². The molecule has 0 bridgehead atoms. The molecule has 1 atom stereocenters. The molecule has 1 aliphatic rings. The highest BCUT2D eigenvalue weighted by Crippen LogP contribution is 2.20. The van der Waals surface area contributed by atoms with Gasteiger partial charge in [0, 0.05) is 23.8 Å². The summed E-state index contributed by atoms with van der Waals surface area (Å²) in [6, 6.07) is 0.434. The second-order valence-electron chi connectivity index (χ2n) is 3.99. The van der Waals surface area contributed by atoms with Crippen molar-refractivity contribution in [3.63, 3.8) is 0 Å². The summed E-state index contributed by atoms with van der Waals surface area (Å²) in [6.07, 6.45) is 3.59. The van der Waals surface area contributed by atoms with Crippen LogP contribution in [0.5, 0.6) is 0 Å². The van der Waals surface area contributed by atoms with Gasteiger partial charge in [-0.2, -0.15) is 0 Å². The maximum atomic E-state index is 11.8. The quantitative estimate of drug-likeness (QED) is 0.687. The second-order valence-corrected chi connectivity index (χ2v) is 4.64. The average Bonchev–Trinajstić information content (AvgIpc) is 2.16. The standard InChI is InChI=1S/C10H18BrNO/c1-8(2)10(13)12-6-4-3-5-9(12)7-11/h8-9H,3-7H2,1-2H3. The van der Waals surface area contributed by atoms with E-state index in [1.807, 2.05) is 18.7 Å². The number of amides is 1. The number of carbonyl (C=O) groups excluding carboxylic acids is 1. The van der Waals surface area contributed by atoms with Gasteiger partial charge < -0.3 is 4.90 Å².